The van der Waals surface area contributed by atoms with Crippen LogP contribution in [0.4, 0.5) is 17.2 Å². The first-order chi connectivity index (χ1) is 15.1. The van der Waals surface area contributed by atoms with Crippen molar-refractivity contribution in [2.45, 2.75) is 26.7 Å². The number of fused-ring (bicyclic) bond motifs is 1. The fourth-order valence-corrected chi connectivity index (χ4v) is 3.95. The highest BCUT2D eigenvalue weighted by Gasteiger charge is 2.26. The van der Waals surface area contributed by atoms with E-state index in [1.807, 2.05) is 0 Å². The van der Waals surface area contributed by atoms with E-state index in [9.17, 15) is 0 Å². The van der Waals surface area contributed by atoms with Crippen LogP contribution in [0.3, 0.4) is 0 Å². The molecule has 1 saturated heterocycles. The van der Waals surface area contributed by atoms with Crippen molar-refractivity contribution in [1.29, 1.82) is 0 Å². The van der Waals surface area contributed by atoms with Gasteiger partial charge >= 0.3 is 0 Å². The third-order valence-electron chi connectivity index (χ3n) is 5.70. The molecule has 0 radical (unpaired) electrons. The molecule has 0 atom stereocenters. The molecular weight excluding hydrogens is 386 g/mol. The molecule has 2 aliphatic heterocycles. The largest absolute Gasteiger partial charge is 0.378 e. The SMILES string of the molecule is Cc1ccc(Cc2nc3c(c(N4CCOCC4)n2)N=C(Nc2ccc(C)cc2)C3)cc1. The van der Waals surface area contributed by atoms with Gasteiger partial charge in [-0.1, -0.05) is 47.5 Å². The Bertz CT molecular complexity index is 1100. The van der Waals surface area contributed by atoms with Gasteiger partial charge in [0.2, 0.25) is 0 Å². The van der Waals surface area contributed by atoms with Crippen LogP contribution >= 0.6 is 0 Å². The van der Waals surface area contributed by atoms with Gasteiger partial charge in [-0.3, -0.25) is 0 Å². The number of rotatable bonds is 4. The van der Waals surface area contributed by atoms with E-state index in [1.54, 1.807) is 0 Å². The highest BCUT2D eigenvalue weighted by Crippen LogP contribution is 2.35. The highest BCUT2D eigenvalue weighted by molar-refractivity contribution is 6.03. The minimum Gasteiger partial charge on any atom is -0.378 e. The smallest absolute Gasteiger partial charge is 0.158 e. The number of hydrogen-bond acceptors (Lipinski definition) is 6. The van der Waals surface area contributed by atoms with E-state index in [1.165, 1.54) is 16.7 Å². The van der Waals surface area contributed by atoms with Gasteiger partial charge < -0.3 is 15.0 Å². The molecule has 2 aromatic carbocycles. The minimum absolute atomic E-state index is 0.684. The molecule has 0 saturated carbocycles. The predicted molar refractivity (Wildman–Crippen MR) is 125 cm³/mol. The molecule has 0 bridgehead atoms. The summed E-state index contributed by atoms with van der Waals surface area (Å²) in [6.45, 7) is 7.26. The summed E-state index contributed by atoms with van der Waals surface area (Å²) in [6.07, 6.45) is 1.40. The summed E-state index contributed by atoms with van der Waals surface area (Å²) in [6, 6.07) is 16.9. The number of ether oxygens (including phenoxy) is 1. The Morgan fingerprint density at radius 1 is 0.903 bits per heavy atom. The average Bonchev–Trinajstić information content (AvgIpc) is 3.19. The summed E-state index contributed by atoms with van der Waals surface area (Å²) in [5.41, 5.74) is 6.64. The summed E-state index contributed by atoms with van der Waals surface area (Å²) in [5, 5.41) is 3.46. The molecule has 2 aliphatic rings. The van der Waals surface area contributed by atoms with Gasteiger partial charge in [0.15, 0.2) is 5.82 Å². The van der Waals surface area contributed by atoms with Crippen molar-refractivity contribution in [1.82, 2.24) is 9.97 Å². The number of amidine groups is 1. The van der Waals surface area contributed by atoms with E-state index in [2.05, 4.69) is 72.6 Å². The monoisotopic (exact) mass is 413 g/mol. The van der Waals surface area contributed by atoms with E-state index in [-0.39, 0.29) is 0 Å². The maximum atomic E-state index is 5.55. The van der Waals surface area contributed by atoms with Crippen molar-refractivity contribution < 1.29 is 4.74 Å². The molecule has 6 nitrogen and oxygen atoms in total. The van der Waals surface area contributed by atoms with Crippen LogP contribution in [0.15, 0.2) is 53.5 Å². The zero-order valence-electron chi connectivity index (χ0n) is 18.1. The number of anilines is 2. The molecule has 0 aliphatic carbocycles. The summed E-state index contributed by atoms with van der Waals surface area (Å²) >= 11 is 0. The molecule has 0 amide bonds. The normalized spacial score (nSPS) is 15.5. The summed E-state index contributed by atoms with van der Waals surface area (Å²) in [5.74, 6) is 2.68. The fourth-order valence-electron chi connectivity index (χ4n) is 3.95. The second-order valence-corrected chi connectivity index (χ2v) is 8.25. The molecule has 3 heterocycles. The first-order valence-electron chi connectivity index (χ1n) is 10.8. The first kappa shape index (κ1) is 19.7. The standard InChI is InChI=1S/C25H27N5O/c1-17-3-7-19(8-4-17)15-22-27-21-16-23(26-20-9-5-18(2)6-10-20)28-24(21)25(29-22)30-11-13-31-14-12-30/h3-10H,11-16H2,1-2H3,(H,26,28). The lowest BCUT2D eigenvalue weighted by atomic mass is 10.1. The molecule has 5 rings (SSSR count). The Morgan fingerprint density at radius 2 is 1.58 bits per heavy atom. The molecule has 0 spiro atoms. The van der Waals surface area contributed by atoms with Crippen molar-refractivity contribution in [2.75, 3.05) is 36.5 Å². The lowest BCUT2D eigenvalue weighted by Crippen LogP contribution is -2.37. The van der Waals surface area contributed by atoms with Gasteiger partial charge in [-0.05, 0) is 31.5 Å². The first-order valence-corrected chi connectivity index (χ1v) is 10.8. The van der Waals surface area contributed by atoms with Gasteiger partial charge in [-0.15, -0.1) is 0 Å². The van der Waals surface area contributed by atoms with Crippen molar-refractivity contribution in [2.24, 2.45) is 4.99 Å². The number of aliphatic imine (C=N–C) groups is 1. The van der Waals surface area contributed by atoms with Gasteiger partial charge in [0.1, 0.15) is 17.3 Å². The Kier molecular flexibility index (Phi) is 5.38. The van der Waals surface area contributed by atoms with Crippen LogP contribution < -0.4 is 10.2 Å². The zero-order chi connectivity index (χ0) is 21.2. The maximum Gasteiger partial charge on any atom is 0.158 e. The van der Waals surface area contributed by atoms with Crippen LogP contribution in [-0.4, -0.2) is 42.1 Å². The third-order valence-corrected chi connectivity index (χ3v) is 5.70. The molecule has 158 valence electrons. The van der Waals surface area contributed by atoms with Crippen molar-refractivity contribution in [3.05, 3.63) is 76.7 Å². The molecular formula is C25H27N5O. The number of hydrogen-bond donors (Lipinski definition) is 1. The van der Waals surface area contributed by atoms with Crippen LogP contribution in [0.25, 0.3) is 0 Å². The van der Waals surface area contributed by atoms with E-state index in [4.69, 9.17) is 19.7 Å². The minimum atomic E-state index is 0.684. The number of benzene rings is 2. The molecule has 3 aromatic rings. The van der Waals surface area contributed by atoms with Crippen LogP contribution in [0, 0.1) is 13.8 Å². The van der Waals surface area contributed by atoms with E-state index >= 15 is 0 Å². The summed E-state index contributed by atoms with van der Waals surface area (Å²) < 4.78 is 5.55. The average molecular weight is 414 g/mol. The van der Waals surface area contributed by atoms with E-state index in [0.29, 0.717) is 26.1 Å². The lowest BCUT2D eigenvalue weighted by Gasteiger charge is -2.28. The van der Waals surface area contributed by atoms with Crippen molar-refractivity contribution >= 4 is 23.0 Å². The zero-order valence-corrected chi connectivity index (χ0v) is 18.1. The predicted octanol–water partition coefficient (Wildman–Crippen LogP) is 4.22. The lowest BCUT2D eigenvalue weighted by molar-refractivity contribution is 0.122. The topological polar surface area (TPSA) is 62.6 Å². The van der Waals surface area contributed by atoms with Gasteiger partial charge in [0.05, 0.1) is 25.3 Å². The van der Waals surface area contributed by atoms with E-state index < -0.39 is 0 Å². The van der Waals surface area contributed by atoms with Gasteiger partial charge in [-0.2, -0.15) is 0 Å². The molecule has 1 aromatic heterocycles. The molecule has 1 fully saturated rings. The van der Waals surface area contributed by atoms with Gasteiger partial charge in [0, 0.05) is 25.2 Å². The number of morpholine rings is 1. The van der Waals surface area contributed by atoms with Crippen LogP contribution in [-0.2, 0) is 17.6 Å². The van der Waals surface area contributed by atoms with Crippen LogP contribution in [0.1, 0.15) is 28.2 Å². The van der Waals surface area contributed by atoms with Crippen molar-refractivity contribution in [3.8, 4) is 0 Å². The number of aromatic nitrogens is 2. The fraction of sp³-hybridized carbons (Fsp3) is 0.320. The Hall–Kier alpha value is -3.25. The van der Waals surface area contributed by atoms with E-state index in [0.717, 1.165) is 47.6 Å². The summed E-state index contributed by atoms with van der Waals surface area (Å²) in [4.78, 5) is 17.1. The number of nitrogens with one attached hydrogen (secondary N) is 1. The summed E-state index contributed by atoms with van der Waals surface area (Å²) in [7, 11) is 0. The Labute approximate surface area is 183 Å². The third kappa shape index (κ3) is 4.44. The molecule has 31 heavy (non-hydrogen) atoms. The van der Waals surface area contributed by atoms with Crippen LogP contribution in [0.5, 0.6) is 0 Å². The second kappa shape index (κ2) is 8.47. The molecule has 0 unspecified atom stereocenters. The second-order valence-electron chi connectivity index (χ2n) is 8.25. The van der Waals surface area contributed by atoms with Crippen LogP contribution in [0.2, 0.25) is 0 Å². The quantitative estimate of drug-likeness (QED) is 0.694. The highest BCUT2D eigenvalue weighted by atomic mass is 16.5. The Balaban J connectivity index is 1.45. The number of nitrogens with zero attached hydrogens (tertiary/aromatic N) is 4. The number of aryl methyl sites for hydroxylation is 2. The maximum absolute atomic E-state index is 5.55. The molecule has 1 N–H and O–H groups in total. The Morgan fingerprint density at radius 3 is 2.29 bits per heavy atom. The van der Waals surface area contributed by atoms with Crippen molar-refractivity contribution in [3.63, 3.8) is 0 Å². The van der Waals surface area contributed by atoms with Gasteiger partial charge in [-0.25, -0.2) is 15.0 Å². The molecule has 6 heteroatoms. The van der Waals surface area contributed by atoms with Gasteiger partial charge in [0.25, 0.3) is 0 Å².